The van der Waals surface area contributed by atoms with Gasteiger partial charge in [-0.05, 0) is 29.2 Å². The van der Waals surface area contributed by atoms with Gasteiger partial charge in [0.25, 0.3) is 0 Å². The minimum atomic E-state index is -3.50. The van der Waals surface area contributed by atoms with Crippen molar-refractivity contribution in [3.8, 4) is 11.1 Å². The maximum atomic E-state index is 12.4. The first-order chi connectivity index (χ1) is 16.0. The molecule has 0 aromatic heterocycles. The fourth-order valence-corrected chi connectivity index (χ4v) is 4.26. The molecule has 3 rings (SSSR count). The van der Waals surface area contributed by atoms with Gasteiger partial charge in [-0.15, -0.1) is 0 Å². The number of carbonyl (C=O) groups excluding carboxylic acids is 2. The van der Waals surface area contributed by atoms with Crippen LogP contribution in [0.25, 0.3) is 11.1 Å². The van der Waals surface area contributed by atoms with E-state index in [2.05, 4.69) is 10.6 Å². The van der Waals surface area contributed by atoms with Crippen LogP contribution >= 0.6 is 0 Å². The number of ether oxygens (including phenoxy) is 1. The third-order valence-electron chi connectivity index (χ3n) is 5.35. The molecule has 0 saturated heterocycles. The molecule has 2 aromatic rings. The van der Waals surface area contributed by atoms with E-state index in [1.807, 2.05) is 48.5 Å². The summed E-state index contributed by atoms with van der Waals surface area (Å²) in [5, 5.41) is 14.7. The molecule has 2 amide bonds. The Morgan fingerprint density at radius 1 is 1.03 bits per heavy atom. The second kappa shape index (κ2) is 10.5. The molecule has 180 valence electrons. The monoisotopic (exact) mass is 486 g/mol. The summed E-state index contributed by atoms with van der Waals surface area (Å²) in [6.07, 6.45) is 0.715. The number of hydrogen-bond acceptors (Lipinski definition) is 6. The summed E-state index contributed by atoms with van der Waals surface area (Å²) in [5.74, 6) is -2.04. The zero-order valence-electron chi connectivity index (χ0n) is 18.7. The molecule has 0 radical (unpaired) electrons. The minimum absolute atomic E-state index is 0.0763. The molecule has 0 spiro atoms. The van der Waals surface area contributed by atoms with Crippen molar-refractivity contribution in [2.24, 2.45) is 0 Å². The molecule has 1 aliphatic carbocycles. The summed E-state index contributed by atoms with van der Waals surface area (Å²) in [5.41, 5.74) is 4.28. The SMILES string of the molecule is C[C@H](NC(=O)OCC1c2ccccc2-c2ccccc21)C(=O)N[C@H](/C=C/S(C)(=O)=O)CC(=O)O. The van der Waals surface area contributed by atoms with E-state index in [9.17, 15) is 22.8 Å². The number of carboxylic acid groups (broad SMARTS) is 1. The van der Waals surface area contributed by atoms with Crippen LogP contribution in [0.2, 0.25) is 0 Å². The lowest BCUT2D eigenvalue weighted by atomic mass is 9.98. The Balaban J connectivity index is 1.59. The van der Waals surface area contributed by atoms with E-state index in [0.29, 0.717) is 0 Å². The predicted molar refractivity (Wildman–Crippen MR) is 126 cm³/mol. The number of amides is 2. The average Bonchev–Trinajstić information content (AvgIpc) is 3.09. The van der Waals surface area contributed by atoms with Gasteiger partial charge in [-0.2, -0.15) is 0 Å². The van der Waals surface area contributed by atoms with Crippen LogP contribution in [0.1, 0.15) is 30.4 Å². The Morgan fingerprint density at radius 3 is 2.12 bits per heavy atom. The molecule has 1 aliphatic rings. The van der Waals surface area contributed by atoms with Crippen LogP contribution in [0.3, 0.4) is 0 Å². The maximum Gasteiger partial charge on any atom is 0.407 e. The number of hydrogen-bond donors (Lipinski definition) is 3. The lowest BCUT2D eigenvalue weighted by Gasteiger charge is -2.19. The van der Waals surface area contributed by atoms with Crippen LogP contribution in [-0.2, 0) is 24.2 Å². The topological polar surface area (TPSA) is 139 Å². The zero-order chi connectivity index (χ0) is 24.9. The van der Waals surface area contributed by atoms with Crippen LogP contribution < -0.4 is 10.6 Å². The molecule has 0 unspecified atom stereocenters. The minimum Gasteiger partial charge on any atom is -0.481 e. The third-order valence-corrected chi connectivity index (χ3v) is 6.00. The number of nitrogens with one attached hydrogen (secondary N) is 2. The van der Waals surface area contributed by atoms with Gasteiger partial charge < -0.3 is 20.5 Å². The van der Waals surface area contributed by atoms with Gasteiger partial charge in [0, 0.05) is 17.6 Å². The van der Waals surface area contributed by atoms with Gasteiger partial charge in [0.2, 0.25) is 5.91 Å². The van der Waals surface area contributed by atoms with Crippen molar-refractivity contribution < 1.29 is 32.6 Å². The molecule has 3 N–H and O–H groups in total. The Morgan fingerprint density at radius 2 is 1.59 bits per heavy atom. The largest absolute Gasteiger partial charge is 0.481 e. The summed E-state index contributed by atoms with van der Waals surface area (Å²) < 4.78 is 28.0. The van der Waals surface area contributed by atoms with Crippen molar-refractivity contribution >= 4 is 27.8 Å². The number of alkyl carbamates (subject to hydrolysis) is 1. The number of sulfone groups is 1. The Kier molecular flexibility index (Phi) is 7.72. The molecule has 10 heteroatoms. The number of aliphatic carboxylic acids is 1. The van der Waals surface area contributed by atoms with Crippen LogP contribution in [0.15, 0.2) is 60.0 Å². The van der Waals surface area contributed by atoms with Gasteiger partial charge in [0.15, 0.2) is 9.84 Å². The van der Waals surface area contributed by atoms with E-state index in [1.54, 1.807) is 0 Å². The van der Waals surface area contributed by atoms with Crippen molar-refractivity contribution in [2.75, 3.05) is 12.9 Å². The van der Waals surface area contributed by atoms with Crippen molar-refractivity contribution in [1.82, 2.24) is 10.6 Å². The fraction of sp³-hybridized carbons (Fsp3) is 0.292. The summed E-state index contributed by atoms with van der Waals surface area (Å²) in [6, 6.07) is 13.7. The first-order valence-electron chi connectivity index (χ1n) is 10.6. The second-order valence-electron chi connectivity index (χ2n) is 8.06. The highest BCUT2D eigenvalue weighted by Gasteiger charge is 2.29. The van der Waals surface area contributed by atoms with E-state index in [0.717, 1.165) is 40.0 Å². The van der Waals surface area contributed by atoms with Crippen molar-refractivity contribution in [3.05, 3.63) is 71.1 Å². The first-order valence-corrected chi connectivity index (χ1v) is 12.5. The summed E-state index contributed by atoms with van der Waals surface area (Å²) in [6.45, 7) is 1.49. The molecular weight excluding hydrogens is 460 g/mol. The van der Waals surface area contributed by atoms with Gasteiger partial charge in [-0.3, -0.25) is 9.59 Å². The Bertz CT molecular complexity index is 1180. The molecule has 0 fully saturated rings. The number of fused-ring (bicyclic) bond motifs is 3. The van der Waals surface area contributed by atoms with E-state index in [-0.39, 0.29) is 12.5 Å². The lowest BCUT2D eigenvalue weighted by molar-refractivity contribution is -0.137. The fourth-order valence-electron chi connectivity index (χ4n) is 3.78. The summed E-state index contributed by atoms with van der Waals surface area (Å²) in [4.78, 5) is 35.8. The number of rotatable bonds is 9. The van der Waals surface area contributed by atoms with Crippen molar-refractivity contribution in [3.63, 3.8) is 0 Å². The smallest absolute Gasteiger partial charge is 0.407 e. The molecule has 0 saturated carbocycles. The predicted octanol–water partition coefficient (Wildman–Crippen LogP) is 2.43. The lowest BCUT2D eigenvalue weighted by Crippen LogP contribution is -2.48. The second-order valence-corrected chi connectivity index (χ2v) is 9.99. The van der Waals surface area contributed by atoms with E-state index < -0.39 is 46.3 Å². The molecular formula is C24H26N2O7S. The molecule has 2 atom stereocenters. The van der Waals surface area contributed by atoms with Gasteiger partial charge in [0.1, 0.15) is 12.6 Å². The van der Waals surface area contributed by atoms with E-state index in [4.69, 9.17) is 9.84 Å². The highest BCUT2D eigenvalue weighted by atomic mass is 32.2. The van der Waals surface area contributed by atoms with Gasteiger partial charge in [-0.25, -0.2) is 13.2 Å². The quantitative estimate of drug-likeness (QED) is 0.495. The Labute approximate surface area is 197 Å². The average molecular weight is 487 g/mol. The van der Waals surface area contributed by atoms with Crippen LogP contribution in [0, 0.1) is 0 Å². The van der Waals surface area contributed by atoms with Crippen LogP contribution in [0.5, 0.6) is 0 Å². The van der Waals surface area contributed by atoms with Crippen molar-refractivity contribution in [1.29, 1.82) is 0 Å². The Hall–Kier alpha value is -3.66. The molecule has 0 aliphatic heterocycles. The van der Waals surface area contributed by atoms with Gasteiger partial charge in [0.05, 0.1) is 12.5 Å². The first kappa shape index (κ1) is 25.0. The summed E-state index contributed by atoms with van der Waals surface area (Å²) in [7, 11) is -3.50. The number of benzene rings is 2. The van der Waals surface area contributed by atoms with Crippen LogP contribution in [0.4, 0.5) is 4.79 Å². The normalized spacial score (nSPS) is 14.6. The summed E-state index contributed by atoms with van der Waals surface area (Å²) >= 11 is 0. The molecule has 0 heterocycles. The zero-order valence-corrected chi connectivity index (χ0v) is 19.5. The molecule has 0 bridgehead atoms. The van der Waals surface area contributed by atoms with Crippen molar-refractivity contribution in [2.45, 2.75) is 31.3 Å². The maximum absolute atomic E-state index is 12.4. The van der Waals surface area contributed by atoms with Crippen LogP contribution in [-0.4, -0.2) is 56.4 Å². The van der Waals surface area contributed by atoms with Gasteiger partial charge in [-0.1, -0.05) is 54.6 Å². The molecule has 2 aromatic carbocycles. The third kappa shape index (κ3) is 6.44. The standard InChI is InChI=1S/C24H26N2O7S/c1-15(23(29)26-16(13-22(27)28)11-12-34(2,31)32)25-24(30)33-14-21-19-9-5-3-7-17(19)18-8-4-6-10-20(18)21/h3-12,15-16,21H,13-14H2,1-2H3,(H,25,30)(H,26,29)(H,27,28)/b12-11+/t15-,16+/m0/s1. The molecule has 9 nitrogen and oxygen atoms in total. The van der Waals surface area contributed by atoms with Gasteiger partial charge >= 0.3 is 12.1 Å². The number of carbonyl (C=O) groups is 3. The highest BCUT2D eigenvalue weighted by Crippen LogP contribution is 2.44. The molecule has 34 heavy (non-hydrogen) atoms. The number of carboxylic acids is 1. The van der Waals surface area contributed by atoms with E-state index in [1.165, 1.54) is 6.92 Å². The van der Waals surface area contributed by atoms with E-state index >= 15 is 0 Å². The highest BCUT2D eigenvalue weighted by molar-refractivity contribution is 7.93.